The molecular weight excluding hydrogens is 250 g/mol. The van der Waals surface area contributed by atoms with Gasteiger partial charge in [-0.15, -0.1) is 0 Å². The number of pyridine rings is 1. The summed E-state index contributed by atoms with van der Waals surface area (Å²) in [5, 5.41) is 0. The number of hydrogen-bond acceptors (Lipinski definition) is 4. The van der Waals surface area contributed by atoms with Gasteiger partial charge in [-0.05, 0) is 30.8 Å². The van der Waals surface area contributed by atoms with E-state index in [9.17, 15) is 0 Å². The zero-order valence-electron chi connectivity index (χ0n) is 10.2. The summed E-state index contributed by atoms with van der Waals surface area (Å²) < 4.78 is 13.7. The van der Waals surface area contributed by atoms with Crippen molar-refractivity contribution in [1.29, 1.82) is 0 Å². The molecule has 18 heavy (non-hydrogen) atoms. The molecule has 0 bridgehead atoms. The van der Waals surface area contributed by atoms with Crippen LogP contribution in [-0.4, -0.2) is 40.5 Å². The van der Waals surface area contributed by atoms with Crippen LogP contribution in [0.3, 0.4) is 0 Å². The molecule has 1 unspecified atom stereocenters. The minimum Gasteiger partial charge on any atom is -0.376 e. The van der Waals surface area contributed by atoms with Gasteiger partial charge in [0.05, 0.1) is 38.0 Å². The van der Waals surface area contributed by atoms with Crippen LogP contribution in [0.5, 0.6) is 0 Å². The van der Waals surface area contributed by atoms with Crippen molar-refractivity contribution in [3.63, 3.8) is 0 Å². The number of hydrogen-bond donors (Lipinski definition) is 1. The van der Waals surface area contributed by atoms with Crippen LogP contribution in [0.15, 0.2) is 12.3 Å². The predicted molar refractivity (Wildman–Crippen MR) is 70.2 cm³/mol. The van der Waals surface area contributed by atoms with Gasteiger partial charge in [-0.2, -0.15) is 0 Å². The number of rotatable bonds is 2. The molecule has 0 saturated carbocycles. The molecule has 96 valence electrons. The fourth-order valence-corrected chi connectivity index (χ4v) is 2.45. The predicted octanol–water partition coefficient (Wildman–Crippen LogP) is 1.82. The van der Waals surface area contributed by atoms with Crippen LogP contribution >= 0.6 is 12.2 Å². The molecule has 6 heteroatoms. The molecule has 3 heterocycles. The van der Waals surface area contributed by atoms with E-state index >= 15 is 0 Å². The van der Waals surface area contributed by atoms with Gasteiger partial charge in [-0.1, -0.05) is 0 Å². The molecular formula is C12H15N3O2S. The van der Waals surface area contributed by atoms with E-state index in [1.54, 1.807) is 6.20 Å². The highest BCUT2D eigenvalue weighted by atomic mass is 32.1. The van der Waals surface area contributed by atoms with Gasteiger partial charge >= 0.3 is 0 Å². The van der Waals surface area contributed by atoms with Crippen molar-refractivity contribution < 1.29 is 9.47 Å². The monoisotopic (exact) mass is 265 g/mol. The first-order chi connectivity index (χ1) is 8.75. The fourth-order valence-electron chi connectivity index (χ4n) is 2.19. The average Bonchev–Trinajstić information content (AvgIpc) is 2.70. The van der Waals surface area contributed by atoms with Crippen molar-refractivity contribution in [1.82, 2.24) is 14.5 Å². The molecule has 0 amide bonds. The summed E-state index contributed by atoms with van der Waals surface area (Å²) in [6.45, 7) is 4.65. The highest BCUT2D eigenvalue weighted by molar-refractivity contribution is 7.71. The van der Waals surface area contributed by atoms with Crippen LogP contribution in [0, 0.1) is 11.7 Å². The van der Waals surface area contributed by atoms with Gasteiger partial charge in [0.25, 0.3) is 0 Å². The van der Waals surface area contributed by atoms with E-state index < -0.39 is 0 Å². The Hall–Kier alpha value is -1.24. The van der Waals surface area contributed by atoms with E-state index in [-0.39, 0.29) is 6.10 Å². The molecule has 1 fully saturated rings. The van der Waals surface area contributed by atoms with Crippen molar-refractivity contribution in [2.24, 2.45) is 0 Å². The molecule has 3 rings (SSSR count). The molecule has 5 nitrogen and oxygen atoms in total. The second-order valence-corrected chi connectivity index (χ2v) is 4.82. The van der Waals surface area contributed by atoms with Crippen molar-refractivity contribution in [3.05, 3.63) is 22.6 Å². The lowest BCUT2D eigenvalue weighted by Crippen LogP contribution is -2.32. The molecule has 1 aliphatic heterocycles. The van der Waals surface area contributed by atoms with Gasteiger partial charge in [0.2, 0.25) is 0 Å². The second kappa shape index (κ2) is 4.79. The number of aromatic nitrogens is 3. The molecule has 0 spiro atoms. The molecule has 0 aromatic carbocycles. The Labute approximate surface area is 110 Å². The average molecular weight is 265 g/mol. The molecule has 1 N–H and O–H groups in total. The lowest BCUT2D eigenvalue weighted by molar-refractivity contribution is -0.0933. The Morgan fingerprint density at radius 3 is 3.22 bits per heavy atom. The smallest absolute Gasteiger partial charge is 0.179 e. The lowest BCUT2D eigenvalue weighted by atomic mass is 10.3. The largest absolute Gasteiger partial charge is 0.376 e. The summed E-state index contributed by atoms with van der Waals surface area (Å²) in [5.74, 6) is 0. The first-order valence-corrected chi connectivity index (χ1v) is 6.40. The van der Waals surface area contributed by atoms with Crippen molar-refractivity contribution >= 4 is 23.4 Å². The van der Waals surface area contributed by atoms with Crippen LogP contribution in [0.4, 0.5) is 0 Å². The van der Waals surface area contributed by atoms with Gasteiger partial charge in [0.1, 0.15) is 0 Å². The summed E-state index contributed by atoms with van der Waals surface area (Å²) in [5.41, 5.74) is 3.03. The van der Waals surface area contributed by atoms with E-state index in [2.05, 4.69) is 9.97 Å². The molecule has 1 atom stereocenters. The van der Waals surface area contributed by atoms with Gasteiger partial charge in [0.15, 0.2) is 10.4 Å². The summed E-state index contributed by atoms with van der Waals surface area (Å²) in [7, 11) is 0. The van der Waals surface area contributed by atoms with E-state index in [1.807, 2.05) is 17.6 Å². The lowest BCUT2D eigenvalue weighted by Gasteiger charge is -2.23. The SMILES string of the molecule is Cc1ccnc2c1[nH]c(=S)n2CC1COCCO1. The van der Waals surface area contributed by atoms with Gasteiger partial charge in [0, 0.05) is 6.20 Å². The Kier molecular flexibility index (Phi) is 3.15. The number of nitrogens with zero attached hydrogens (tertiary/aromatic N) is 2. The Morgan fingerprint density at radius 2 is 2.44 bits per heavy atom. The molecule has 2 aromatic rings. The number of imidazole rings is 1. The first kappa shape index (κ1) is 11.8. The number of nitrogens with one attached hydrogen (secondary N) is 1. The van der Waals surface area contributed by atoms with Crippen LogP contribution in [0.2, 0.25) is 0 Å². The first-order valence-electron chi connectivity index (χ1n) is 5.99. The Morgan fingerprint density at radius 1 is 1.56 bits per heavy atom. The fraction of sp³-hybridized carbons (Fsp3) is 0.500. The molecule has 0 aliphatic carbocycles. The van der Waals surface area contributed by atoms with Crippen LogP contribution in [-0.2, 0) is 16.0 Å². The van der Waals surface area contributed by atoms with E-state index in [4.69, 9.17) is 21.7 Å². The summed E-state index contributed by atoms with van der Waals surface area (Å²) in [6.07, 6.45) is 1.85. The summed E-state index contributed by atoms with van der Waals surface area (Å²) in [4.78, 5) is 7.60. The number of ether oxygens (including phenoxy) is 2. The minimum atomic E-state index is 0.0479. The minimum absolute atomic E-state index is 0.0479. The zero-order valence-corrected chi connectivity index (χ0v) is 11.0. The third-order valence-electron chi connectivity index (χ3n) is 3.14. The number of H-pyrrole nitrogens is 1. The number of fused-ring (bicyclic) bond motifs is 1. The maximum absolute atomic E-state index is 5.65. The zero-order chi connectivity index (χ0) is 12.5. The van der Waals surface area contributed by atoms with E-state index in [1.165, 1.54) is 0 Å². The summed E-state index contributed by atoms with van der Waals surface area (Å²) in [6, 6.07) is 1.97. The van der Waals surface area contributed by atoms with E-state index in [0.29, 0.717) is 31.1 Å². The quantitative estimate of drug-likeness (QED) is 0.842. The second-order valence-electron chi connectivity index (χ2n) is 4.43. The van der Waals surface area contributed by atoms with Crippen LogP contribution < -0.4 is 0 Å². The normalized spacial score (nSPS) is 20.4. The molecule has 0 radical (unpaired) electrons. The molecule has 2 aromatic heterocycles. The topological polar surface area (TPSA) is 52.1 Å². The molecule has 1 saturated heterocycles. The summed E-state index contributed by atoms with van der Waals surface area (Å²) >= 11 is 5.35. The van der Waals surface area contributed by atoms with Gasteiger partial charge in [-0.3, -0.25) is 4.57 Å². The maximum Gasteiger partial charge on any atom is 0.179 e. The highest BCUT2D eigenvalue weighted by Crippen LogP contribution is 2.16. The third-order valence-corrected chi connectivity index (χ3v) is 3.47. The van der Waals surface area contributed by atoms with Crippen molar-refractivity contribution in [2.75, 3.05) is 19.8 Å². The Balaban J connectivity index is 1.98. The molecule has 1 aliphatic rings. The number of aryl methyl sites for hydroxylation is 1. The van der Waals surface area contributed by atoms with E-state index in [0.717, 1.165) is 16.7 Å². The maximum atomic E-state index is 5.65. The highest BCUT2D eigenvalue weighted by Gasteiger charge is 2.17. The third kappa shape index (κ3) is 2.07. The van der Waals surface area contributed by atoms with Crippen molar-refractivity contribution in [3.8, 4) is 0 Å². The van der Waals surface area contributed by atoms with Crippen molar-refractivity contribution in [2.45, 2.75) is 19.6 Å². The Bertz CT molecular complexity index is 613. The van der Waals surface area contributed by atoms with Crippen LogP contribution in [0.1, 0.15) is 5.56 Å². The number of aromatic amines is 1. The van der Waals surface area contributed by atoms with Gasteiger partial charge < -0.3 is 14.5 Å². The van der Waals surface area contributed by atoms with Gasteiger partial charge in [-0.25, -0.2) is 4.98 Å². The standard InChI is InChI=1S/C12H15N3O2S/c1-8-2-3-13-11-10(8)14-12(18)15(11)6-9-7-16-4-5-17-9/h2-3,9H,4-7H2,1H3,(H,14,18). The van der Waals surface area contributed by atoms with Crippen LogP contribution in [0.25, 0.3) is 11.2 Å².